The molecule has 25 heavy (non-hydrogen) atoms. The van der Waals surface area contributed by atoms with Crippen LogP contribution in [0.15, 0.2) is 29.2 Å². The van der Waals surface area contributed by atoms with Gasteiger partial charge in [-0.1, -0.05) is 23.8 Å². The highest BCUT2D eigenvalue weighted by atomic mass is 32.2. The number of carbonyl (C=O) groups excluding carboxylic acids is 1. The molecule has 0 bridgehead atoms. The number of rotatable bonds is 5. The van der Waals surface area contributed by atoms with Crippen molar-refractivity contribution < 1.29 is 9.72 Å². The van der Waals surface area contributed by atoms with Gasteiger partial charge in [0, 0.05) is 11.0 Å². The van der Waals surface area contributed by atoms with Crippen molar-refractivity contribution in [2.75, 3.05) is 11.1 Å². The average Bonchev–Trinajstić information content (AvgIpc) is 2.50. The Bertz CT molecular complexity index is 824. The number of thioether (sulfide) groups is 1. The first-order valence-electron chi connectivity index (χ1n) is 7.95. The highest BCUT2D eigenvalue weighted by molar-refractivity contribution is 8.00. The van der Waals surface area contributed by atoms with Gasteiger partial charge in [0.15, 0.2) is 0 Å². The van der Waals surface area contributed by atoms with Crippen molar-refractivity contribution in [3.8, 4) is 0 Å². The van der Waals surface area contributed by atoms with E-state index in [4.69, 9.17) is 0 Å². The quantitative estimate of drug-likeness (QED) is 0.470. The largest absolute Gasteiger partial charge is 0.319 e. The van der Waals surface area contributed by atoms with Gasteiger partial charge in [0.05, 0.1) is 10.7 Å². The van der Waals surface area contributed by atoms with E-state index in [9.17, 15) is 14.9 Å². The van der Waals surface area contributed by atoms with Crippen LogP contribution in [0.5, 0.6) is 0 Å². The molecule has 0 atom stereocenters. The fourth-order valence-electron chi connectivity index (χ4n) is 2.82. The lowest BCUT2D eigenvalue weighted by Gasteiger charge is -2.13. The Hall–Kier alpha value is -2.34. The van der Waals surface area contributed by atoms with Crippen molar-refractivity contribution in [1.82, 2.24) is 0 Å². The number of benzene rings is 2. The van der Waals surface area contributed by atoms with Crippen LogP contribution in [0.3, 0.4) is 0 Å². The molecule has 0 aromatic heterocycles. The van der Waals surface area contributed by atoms with Crippen LogP contribution >= 0.6 is 11.8 Å². The molecule has 0 saturated heterocycles. The van der Waals surface area contributed by atoms with Crippen molar-refractivity contribution in [2.45, 2.75) is 39.5 Å². The van der Waals surface area contributed by atoms with Gasteiger partial charge in [0.25, 0.3) is 5.69 Å². The van der Waals surface area contributed by atoms with Gasteiger partial charge in [-0.25, -0.2) is 0 Å². The topological polar surface area (TPSA) is 72.2 Å². The molecule has 0 fully saturated rings. The Balaban J connectivity index is 2.17. The maximum absolute atomic E-state index is 12.4. The van der Waals surface area contributed by atoms with Crippen LogP contribution in [-0.2, 0) is 4.79 Å². The second-order valence-corrected chi connectivity index (χ2v) is 7.21. The zero-order valence-electron chi connectivity index (χ0n) is 15.1. The number of carbonyl (C=O) groups is 1. The molecule has 1 N–H and O–H groups in total. The van der Waals surface area contributed by atoms with Crippen molar-refractivity contribution in [3.05, 3.63) is 62.2 Å². The summed E-state index contributed by atoms with van der Waals surface area (Å²) < 4.78 is 0. The van der Waals surface area contributed by atoms with E-state index >= 15 is 0 Å². The highest BCUT2D eigenvalue weighted by Gasteiger charge is 2.19. The fourth-order valence-corrected chi connectivity index (χ4v) is 3.74. The van der Waals surface area contributed by atoms with Crippen LogP contribution in [0.2, 0.25) is 0 Å². The lowest BCUT2D eigenvalue weighted by atomic mass is 10.1. The highest BCUT2D eigenvalue weighted by Crippen LogP contribution is 2.31. The number of nitro groups is 1. The van der Waals surface area contributed by atoms with E-state index in [1.807, 2.05) is 27.7 Å². The first-order chi connectivity index (χ1) is 11.7. The van der Waals surface area contributed by atoms with Gasteiger partial charge in [0.2, 0.25) is 5.91 Å². The van der Waals surface area contributed by atoms with E-state index in [0.29, 0.717) is 0 Å². The molecule has 0 spiro atoms. The number of nitro benzene ring substituents is 1. The molecule has 0 aliphatic heterocycles. The minimum atomic E-state index is -0.469. The summed E-state index contributed by atoms with van der Waals surface area (Å²) in [6.45, 7) is 9.73. The van der Waals surface area contributed by atoms with Gasteiger partial charge < -0.3 is 5.32 Å². The summed E-state index contributed by atoms with van der Waals surface area (Å²) in [4.78, 5) is 24.2. The van der Waals surface area contributed by atoms with E-state index in [2.05, 4.69) is 17.4 Å². The zero-order valence-corrected chi connectivity index (χ0v) is 15.9. The van der Waals surface area contributed by atoms with Crippen molar-refractivity contribution >= 4 is 29.0 Å². The summed E-state index contributed by atoms with van der Waals surface area (Å²) >= 11 is 1.45. The monoisotopic (exact) mass is 358 g/mol. The van der Waals surface area contributed by atoms with Gasteiger partial charge in [-0.2, -0.15) is 0 Å². The summed E-state index contributed by atoms with van der Waals surface area (Å²) in [5.41, 5.74) is 5.28. The number of hydrogen-bond acceptors (Lipinski definition) is 4. The number of amides is 1. The molecule has 132 valence electrons. The molecular formula is C19H22N2O3S. The lowest BCUT2D eigenvalue weighted by molar-refractivity contribution is -0.384. The molecule has 0 aliphatic rings. The Labute approximate surface area is 152 Å². The molecule has 0 heterocycles. The standard InChI is InChI=1S/C19H22N2O3S/c1-11-8-13(3)19(14(4)9-11)25-10-17(22)20-18-15(5)12(2)6-7-16(18)21(23)24/h6-9H,10H2,1-5H3,(H,20,22). The normalized spacial score (nSPS) is 10.6. The number of aryl methyl sites for hydroxylation is 4. The van der Waals surface area contributed by atoms with Gasteiger partial charge in [-0.3, -0.25) is 14.9 Å². The molecule has 5 nitrogen and oxygen atoms in total. The summed E-state index contributed by atoms with van der Waals surface area (Å²) in [6.07, 6.45) is 0. The van der Waals surface area contributed by atoms with E-state index < -0.39 is 4.92 Å². The fraction of sp³-hybridized carbons (Fsp3) is 0.316. The van der Waals surface area contributed by atoms with E-state index in [1.54, 1.807) is 13.0 Å². The maximum atomic E-state index is 12.4. The van der Waals surface area contributed by atoms with E-state index in [1.165, 1.54) is 23.4 Å². The predicted octanol–water partition coefficient (Wildman–Crippen LogP) is 4.87. The molecule has 0 saturated carbocycles. The van der Waals surface area contributed by atoms with Crippen LogP contribution in [0.1, 0.15) is 27.8 Å². The third-order valence-electron chi connectivity index (χ3n) is 4.13. The van der Waals surface area contributed by atoms with Crippen LogP contribution in [-0.4, -0.2) is 16.6 Å². The minimum Gasteiger partial charge on any atom is -0.319 e. The molecule has 0 radical (unpaired) electrons. The van der Waals surface area contributed by atoms with Crippen LogP contribution < -0.4 is 5.32 Å². The van der Waals surface area contributed by atoms with Crippen molar-refractivity contribution in [2.24, 2.45) is 0 Å². The van der Waals surface area contributed by atoms with Gasteiger partial charge >= 0.3 is 0 Å². The Kier molecular flexibility index (Phi) is 5.85. The first kappa shape index (κ1) is 19.0. The van der Waals surface area contributed by atoms with Gasteiger partial charge in [-0.05, 0) is 56.9 Å². The zero-order chi connectivity index (χ0) is 18.7. The summed E-state index contributed by atoms with van der Waals surface area (Å²) in [6, 6.07) is 7.29. The summed E-state index contributed by atoms with van der Waals surface area (Å²) in [7, 11) is 0. The number of nitrogens with one attached hydrogen (secondary N) is 1. The molecule has 2 aromatic rings. The molecule has 0 aliphatic carbocycles. The van der Waals surface area contributed by atoms with E-state index in [0.717, 1.165) is 27.1 Å². The molecule has 2 rings (SSSR count). The number of anilines is 1. The smallest absolute Gasteiger partial charge is 0.293 e. The van der Waals surface area contributed by atoms with Gasteiger partial charge in [-0.15, -0.1) is 11.8 Å². The summed E-state index contributed by atoms with van der Waals surface area (Å²) in [5, 5.41) is 13.9. The third-order valence-corrected chi connectivity index (χ3v) is 5.47. The van der Waals surface area contributed by atoms with Crippen molar-refractivity contribution in [1.29, 1.82) is 0 Å². The van der Waals surface area contributed by atoms with Gasteiger partial charge in [0.1, 0.15) is 5.69 Å². The lowest BCUT2D eigenvalue weighted by Crippen LogP contribution is -2.16. The maximum Gasteiger partial charge on any atom is 0.293 e. The second-order valence-electron chi connectivity index (χ2n) is 6.22. The first-order valence-corrected chi connectivity index (χ1v) is 8.94. The Morgan fingerprint density at radius 2 is 1.68 bits per heavy atom. The van der Waals surface area contributed by atoms with Crippen LogP contribution in [0, 0.1) is 44.7 Å². The Morgan fingerprint density at radius 1 is 1.08 bits per heavy atom. The van der Waals surface area contributed by atoms with Crippen molar-refractivity contribution in [3.63, 3.8) is 0 Å². The molecular weight excluding hydrogens is 336 g/mol. The minimum absolute atomic E-state index is 0.0795. The number of hydrogen-bond donors (Lipinski definition) is 1. The van der Waals surface area contributed by atoms with Crippen LogP contribution in [0.25, 0.3) is 0 Å². The van der Waals surface area contributed by atoms with Crippen LogP contribution in [0.4, 0.5) is 11.4 Å². The molecule has 0 unspecified atom stereocenters. The molecule has 2 aromatic carbocycles. The average molecular weight is 358 g/mol. The molecule has 6 heteroatoms. The second kappa shape index (κ2) is 7.70. The molecule has 1 amide bonds. The number of nitrogens with zero attached hydrogens (tertiary/aromatic N) is 1. The summed E-state index contributed by atoms with van der Waals surface area (Å²) in [5.74, 6) is -0.0453. The predicted molar refractivity (Wildman–Crippen MR) is 103 cm³/mol. The SMILES string of the molecule is Cc1cc(C)c(SCC(=O)Nc2c([N+](=O)[O-])ccc(C)c2C)c(C)c1. The van der Waals surface area contributed by atoms with E-state index in [-0.39, 0.29) is 23.0 Å². The third kappa shape index (κ3) is 4.39. The Morgan fingerprint density at radius 3 is 2.24 bits per heavy atom.